The zero-order chi connectivity index (χ0) is 14.9. The van der Waals surface area contributed by atoms with Crippen molar-refractivity contribution in [1.29, 1.82) is 0 Å². The van der Waals surface area contributed by atoms with E-state index in [9.17, 15) is 19.8 Å². The fourth-order valence-electron chi connectivity index (χ4n) is 2.26. The van der Waals surface area contributed by atoms with E-state index in [0.29, 0.717) is 5.69 Å². The van der Waals surface area contributed by atoms with E-state index in [2.05, 4.69) is 0 Å². The molecule has 0 aliphatic carbocycles. The number of aliphatic hydroxyl groups excluding tert-OH is 1. The van der Waals surface area contributed by atoms with Crippen LogP contribution in [0.3, 0.4) is 0 Å². The lowest BCUT2D eigenvalue weighted by atomic mass is 10.2. The third kappa shape index (κ3) is 2.67. The van der Waals surface area contributed by atoms with Gasteiger partial charge in [-0.25, -0.2) is 9.59 Å². The molecular weight excluding hydrogens is 264 g/mol. The van der Waals surface area contributed by atoms with Crippen molar-refractivity contribution in [3.63, 3.8) is 0 Å². The van der Waals surface area contributed by atoms with Crippen LogP contribution in [0, 0.1) is 0 Å². The molecule has 0 spiro atoms. The highest BCUT2D eigenvalue weighted by molar-refractivity contribution is 5.94. The maximum atomic E-state index is 12.3. The Labute approximate surface area is 115 Å². The summed E-state index contributed by atoms with van der Waals surface area (Å²) in [5, 5.41) is 28.0. The van der Waals surface area contributed by atoms with E-state index in [1.165, 1.54) is 24.1 Å². The van der Waals surface area contributed by atoms with Crippen molar-refractivity contribution in [3.05, 3.63) is 24.3 Å². The maximum absolute atomic E-state index is 12.3. The van der Waals surface area contributed by atoms with Gasteiger partial charge in [-0.1, -0.05) is 6.07 Å². The van der Waals surface area contributed by atoms with Crippen molar-refractivity contribution in [3.8, 4) is 5.75 Å². The molecule has 1 aliphatic rings. The summed E-state index contributed by atoms with van der Waals surface area (Å²) >= 11 is 0. The van der Waals surface area contributed by atoms with Gasteiger partial charge in [-0.3, -0.25) is 4.90 Å². The van der Waals surface area contributed by atoms with Crippen LogP contribution in [0.25, 0.3) is 0 Å². The van der Waals surface area contributed by atoms with Crippen LogP contribution >= 0.6 is 0 Å². The molecule has 1 heterocycles. The number of amides is 2. The number of carboxylic acids is 1. The third-order valence-corrected chi connectivity index (χ3v) is 3.31. The predicted octanol–water partition coefficient (Wildman–Crippen LogP) is 0.468. The Balaban J connectivity index is 2.20. The van der Waals surface area contributed by atoms with E-state index >= 15 is 0 Å². The minimum absolute atomic E-state index is 0.0124. The number of likely N-dealkylation sites (tertiary alicyclic amines) is 1. The summed E-state index contributed by atoms with van der Waals surface area (Å²) in [5.41, 5.74) is 0.445. The Morgan fingerprint density at radius 2 is 2.10 bits per heavy atom. The molecule has 0 saturated carbocycles. The summed E-state index contributed by atoms with van der Waals surface area (Å²) in [5.74, 6) is -1.13. The summed E-state index contributed by atoms with van der Waals surface area (Å²) in [6, 6.07) is 4.53. The Bertz CT molecular complexity index is 533. The van der Waals surface area contributed by atoms with E-state index in [0.717, 1.165) is 4.90 Å². The SMILES string of the molecule is CN(C(=O)N1C[C@H](O)C[C@@H]1C(=O)O)c1cccc(O)c1. The van der Waals surface area contributed by atoms with Crippen molar-refractivity contribution < 1.29 is 24.9 Å². The Kier molecular flexibility index (Phi) is 3.80. The molecular formula is C13H16N2O5. The zero-order valence-electron chi connectivity index (χ0n) is 10.9. The summed E-state index contributed by atoms with van der Waals surface area (Å²) in [6.45, 7) is -0.0149. The Hall–Kier alpha value is -2.28. The molecule has 3 N–H and O–H groups in total. The van der Waals surface area contributed by atoms with E-state index in [-0.39, 0.29) is 18.7 Å². The normalized spacial score (nSPS) is 21.8. The molecule has 0 bridgehead atoms. The molecule has 7 nitrogen and oxygen atoms in total. The molecule has 1 fully saturated rings. The van der Waals surface area contributed by atoms with E-state index < -0.39 is 24.1 Å². The monoisotopic (exact) mass is 280 g/mol. The molecule has 0 unspecified atom stereocenters. The highest BCUT2D eigenvalue weighted by atomic mass is 16.4. The molecule has 7 heteroatoms. The first-order chi connectivity index (χ1) is 9.40. The average Bonchev–Trinajstić information content (AvgIpc) is 2.79. The molecule has 2 amide bonds. The number of carbonyl (C=O) groups is 2. The molecule has 1 aromatic carbocycles. The number of nitrogens with zero attached hydrogens (tertiary/aromatic N) is 2. The lowest BCUT2D eigenvalue weighted by molar-refractivity contribution is -0.141. The van der Waals surface area contributed by atoms with Gasteiger partial charge in [0.1, 0.15) is 11.8 Å². The summed E-state index contributed by atoms with van der Waals surface area (Å²) in [7, 11) is 1.49. The molecule has 1 saturated heterocycles. The topological polar surface area (TPSA) is 101 Å². The number of phenolic OH excluding ortho intramolecular Hbond substituents is 1. The fraction of sp³-hybridized carbons (Fsp3) is 0.385. The van der Waals surface area contributed by atoms with Gasteiger partial charge in [-0.05, 0) is 12.1 Å². The number of hydrogen-bond acceptors (Lipinski definition) is 4. The second-order valence-electron chi connectivity index (χ2n) is 4.76. The van der Waals surface area contributed by atoms with Crippen LogP contribution in [0.1, 0.15) is 6.42 Å². The van der Waals surface area contributed by atoms with Gasteiger partial charge < -0.3 is 20.2 Å². The number of rotatable bonds is 2. The van der Waals surface area contributed by atoms with Gasteiger partial charge in [0.2, 0.25) is 0 Å². The maximum Gasteiger partial charge on any atom is 0.326 e. The van der Waals surface area contributed by atoms with Crippen LogP contribution in [0.4, 0.5) is 10.5 Å². The number of aromatic hydroxyl groups is 1. The van der Waals surface area contributed by atoms with Crippen LogP contribution in [0.5, 0.6) is 5.75 Å². The Morgan fingerprint density at radius 1 is 1.40 bits per heavy atom. The van der Waals surface area contributed by atoms with Gasteiger partial charge in [-0.15, -0.1) is 0 Å². The van der Waals surface area contributed by atoms with Gasteiger partial charge in [0.15, 0.2) is 0 Å². The predicted molar refractivity (Wildman–Crippen MR) is 70.7 cm³/mol. The number of hydrogen-bond donors (Lipinski definition) is 3. The first kappa shape index (κ1) is 14.1. The minimum Gasteiger partial charge on any atom is -0.508 e. The second-order valence-corrected chi connectivity index (χ2v) is 4.76. The van der Waals surface area contributed by atoms with Gasteiger partial charge in [0, 0.05) is 31.8 Å². The van der Waals surface area contributed by atoms with Crippen molar-refractivity contribution in [1.82, 2.24) is 4.90 Å². The number of urea groups is 1. The number of anilines is 1. The number of carboxylic acid groups (broad SMARTS) is 1. The smallest absolute Gasteiger partial charge is 0.326 e. The van der Waals surface area contributed by atoms with Crippen LogP contribution in [0.2, 0.25) is 0 Å². The molecule has 1 aromatic rings. The fourth-order valence-corrected chi connectivity index (χ4v) is 2.26. The molecule has 1 aliphatic heterocycles. The number of aliphatic hydroxyl groups is 1. The number of β-amino-alcohol motifs (C(OH)–C–C–N with tert-alkyl or cyclic N) is 1. The zero-order valence-corrected chi connectivity index (χ0v) is 10.9. The van der Waals surface area contributed by atoms with Crippen LogP contribution in [-0.4, -0.2) is 58.0 Å². The molecule has 20 heavy (non-hydrogen) atoms. The standard InChI is InChI=1S/C13H16N2O5/c1-14(8-3-2-4-9(16)5-8)13(20)15-7-10(17)6-11(15)12(18)19/h2-5,10-11,16-17H,6-7H2,1H3,(H,18,19)/t10-,11-/m1/s1. The van der Waals surface area contributed by atoms with E-state index in [4.69, 9.17) is 5.11 Å². The van der Waals surface area contributed by atoms with Crippen molar-refractivity contribution in [2.45, 2.75) is 18.6 Å². The number of phenols is 1. The lowest BCUT2D eigenvalue weighted by Crippen LogP contribution is -2.47. The summed E-state index contributed by atoms with van der Waals surface area (Å²) in [4.78, 5) is 25.8. The number of carbonyl (C=O) groups excluding carboxylic acids is 1. The first-order valence-electron chi connectivity index (χ1n) is 6.14. The van der Waals surface area contributed by atoms with Crippen LogP contribution in [0.15, 0.2) is 24.3 Å². The molecule has 2 rings (SSSR count). The number of benzene rings is 1. The van der Waals surface area contributed by atoms with Gasteiger partial charge >= 0.3 is 12.0 Å². The highest BCUT2D eigenvalue weighted by Crippen LogP contribution is 2.24. The summed E-state index contributed by atoms with van der Waals surface area (Å²) in [6.07, 6.45) is -0.813. The quantitative estimate of drug-likeness (QED) is 0.731. The Morgan fingerprint density at radius 3 is 2.70 bits per heavy atom. The average molecular weight is 280 g/mol. The molecule has 0 aromatic heterocycles. The van der Waals surface area contributed by atoms with E-state index in [1.54, 1.807) is 12.1 Å². The van der Waals surface area contributed by atoms with E-state index in [1.807, 2.05) is 0 Å². The molecule has 0 radical (unpaired) electrons. The largest absolute Gasteiger partial charge is 0.508 e. The first-order valence-corrected chi connectivity index (χ1v) is 6.14. The third-order valence-electron chi connectivity index (χ3n) is 3.31. The summed E-state index contributed by atoms with van der Waals surface area (Å²) < 4.78 is 0. The van der Waals surface area contributed by atoms with Crippen molar-refractivity contribution in [2.24, 2.45) is 0 Å². The molecule has 2 atom stereocenters. The van der Waals surface area contributed by atoms with Crippen LogP contribution < -0.4 is 4.90 Å². The second kappa shape index (κ2) is 5.38. The van der Waals surface area contributed by atoms with Crippen molar-refractivity contribution >= 4 is 17.7 Å². The van der Waals surface area contributed by atoms with Gasteiger partial charge in [0.25, 0.3) is 0 Å². The lowest BCUT2D eigenvalue weighted by Gasteiger charge is -2.27. The molecule has 108 valence electrons. The van der Waals surface area contributed by atoms with Crippen molar-refractivity contribution in [2.75, 3.05) is 18.5 Å². The van der Waals surface area contributed by atoms with Gasteiger partial charge in [0.05, 0.1) is 6.10 Å². The van der Waals surface area contributed by atoms with Crippen LogP contribution in [-0.2, 0) is 4.79 Å². The highest BCUT2D eigenvalue weighted by Gasteiger charge is 2.40. The van der Waals surface area contributed by atoms with Gasteiger partial charge in [-0.2, -0.15) is 0 Å². The minimum atomic E-state index is -1.14. The number of aliphatic carboxylic acids is 1.